The number of ketones is 1. The normalized spacial score (nSPS) is 9.86. The molecule has 0 aliphatic heterocycles. The summed E-state index contributed by atoms with van der Waals surface area (Å²) in [4.78, 5) is 21.7. The summed E-state index contributed by atoms with van der Waals surface area (Å²) < 4.78 is 0. The van der Waals surface area contributed by atoms with Crippen LogP contribution in [-0.4, -0.2) is 11.0 Å². The van der Waals surface area contributed by atoms with Crippen molar-refractivity contribution in [1.29, 1.82) is 0 Å². The van der Waals surface area contributed by atoms with E-state index in [0.717, 1.165) is 11.1 Å². The highest BCUT2D eigenvalue weighted by molar-refractivity contribution is 6.64. The molecule has 0 atom stereocenters. The molecule has 0 aliphatic carbocycles. The molecule has 1 aromatic carbocycles. The van der Waals surface area contributed by atoms with Gasteiger partial charge in [0.25, 0.3) is 0 Å². The van der Waals surface area contributed by atoms with Crippen LogP contribution in [0.1, 0.15) is 17.5 Å². The third kappa shape index (κ3) is 3.30. The Bertz CT molecular complexity index is 358. The van der Waals surface area contributed by atoms with E-state index in [0.29, 0.717) is 0 Å². The SMILES string of the molecule is Cc1ccccc1CC(=O)CC(=O)Cl. The standard InChI is InChI=1S/C11H11ClO2/c1-8-4-2-3-5-9(8)6-10(13)7-11(12)14/h2-5H,6-7H2,1H3. The van der Waals surface area contributed by atoms with Crippen molar-refractivity contribution in [3.63, 3.8) is 0 Å². The number of Topliss-reactive ketones (excluding diaryl/α,β-unsaturated/α-hetero) is 1. The first kappa shape index (κ1) is 10.9. The topological polar surface area (TPSA) is 34.1 Å². The Kier molecular flexibility index (Phi) is 3.84. The van der Waals surface area contributed by atoms with E-state index >= 15 is 0 Å². The lowest BCUT2D eigenvalue weighted by Gasteiger charge is -2.02. The number of benzene rings is 1. The molecule has 1 aromatic rings. The molecule has 0 unspecified atom stereocenters. The van der Waals surface area contributed by atoms with Crippen LogP contribution in [0.15, 0.2) is 24.3 Å². The summed E-state index contributed by atoms with van der Waals surface area (Å²) in [6.45, 7) is 1.94. The third-order valence-corrected chi connectivity index (χ3v) is 2.12. The second-order valence-electron chi connectivity index (χ2n) is 3.17. The van der Waals surface area contributed by atoms with Crippen LogP contribution in [-0.2, 0) is 16.0 Å². The average Bonchev–Trinajstić information content (AvgIpc) is 2.07. The van der Waals surface area contributed by atoms with Gasteiger partial charge < -0.3 is 0 Å². The Hall–Kier alpha value is -1.15. The molecule has 0 saturated heterocycles. The van der Waals surface area contributed by atoms with Gasteiger partial charge >= 0.3 is 0 Å². The summed E-state index contributed by atoms with van der Waals surface area (Å²) in [5.74, 6) is -0.140. The maximum Gasteiger partial charge on any atom is 0.229 e. The quantitative estimate of drug-likeness (QED) is 0.564. The van der Waals surface area contributed by atoms with Crippen molar-refractivity contribution in [3.8, 4) is 0 Å². The van der Waals surface area contributed by atoms with Crippen LogP contribution in [0.25, 0.3) is 0 Å². The number of rotatable bonds is 4. The van der Waals surface area contributed by atoms with Crippen LogP contribution in [0, 0.1) is 6.92 Å². The molecule has 74 valence electrons. The van der Waals surface area contributed by atoms with E-state index in [9.17, 15) is 9.59 Å². The van der Waals surface area contributed by atoms with E-state index in [1.54, 1.807) is 0 Å². The van der Waals surface area contributed by atoms with Crippen molar-refractivity contribution < 1.29 is 9.59 Å². The van der Waals surface area contributed by atoms with Crippen LogP contribution >= 0.6 is 11.6 Å². The highest BCUT2D eigenvalue weighted by Gasteiger charge is 2.08. The zero-order valence-electron chi connectivity index (χ0n) is 7.92. The average molecular weight is 211 g/mol. The van der Waals surface area contributed by atoms with E-state index in [1.165, 1.54) is 0 Å². The van der Waals surface area contributed by atoms with Gasteiger partial charge in [-0.25, -0.2) is 0 Å². The van der Waals surface area contributed by atoms with Crippen molar-refractivity contribution in [3.05, 3.63) is 35.4 Å². The molecule has 0 bridgehead atoms. The number of hydrogen-bond donors (Lipinski definition) is 0. The number of carbonyl (C=O) groups excluding carboxylic acids is 2. The van der Waals surface area contributed by atoms with Gasteiger partial charge in [0.1, 0.15) is 5.78 Å². The van der Waals surface area contributed by atoms with Gasteiger partial charge in [-0.05, 0) is 29.7 Å². The fraction of sp³-hybridized carbons (Fsp3) is 0.273. The molecule has 0 fully saturated rings. The van der Waals surface area contributed by atoms with Crippen LogP contribution in [0.5, 0.6) is 0 Å². The first-order valence-electron chi connectivity index (χ1n) is 4.34. The minimum Gasteiger partial charge on any atom is -0.299 e. The molecular formula is C11H11ClO2. The molecule has 0 N–H and O–H groups in total. The molecule has 2 nitrogen and oxygen atoms in total. The number of carbonyl (C=O) groups is 2. The smallest absolute Gasteiger partial charge is 0.229 e. The first-order chi connectivity index (χ1) is 6.59. The fourth-order valence-corrected chi connectivity index (χ4v) is 1.39. The van der Waals surface area contributed by atoms with Gasteiger partial charge in [-0.3, -0.25) is 9.59 Å². The summed E-state index contributed by atoms with van der Waals surface area (Å²) in [5.41, 5.74) is 2.01. The molecule has 14 heavy (non-hydrogen) atoms. The molecule has 0 amide bonds. The Morgan fingerprint density at radius 3 is 2.50 bits per heavy atom. The van der Waals surface area contributed by atoms with Crippen molar-refractivity contribution in [1.82, 2.24) is 0 Å². The molecule has 0 aromatic heterocycles. The lowest BCUT2D eigenvalue weighted by Crippen LogP contribution is -2.07. The number of aryl methyl sites for hydroxylation is 1. The van der Waals surface area contributed by atoms with Gasteiger partial charge in [-0.15, -0.1) is 0 Å². The van der Waals surface area contributed by atoms with E-state index in [1.807, 2.05) is 31.2 Å². The van der Waals surface area contributed by atoms with Gasteiger partial charge in [0.05, 0.1) is 6.42 Å². The van der Waals surface area contributed by atoms with Crippen LogP contribution in [0.4, 0.5) is 0 Å². The summed E-state index contributed by atoms with van der Waals surface area (Å²) in [6, 6.07) is 7.60. The van der Waals surface area contributed by atoms with E-state index in [-0.39, 0.29) is 18.6 Å². The van der Waals surface area contributed by atoms with E-state index in [4.69, 9.17) is 11.6 Å². The lowest BCUT2D eigenvalue weighted by molar-refractivity contribution is -0.123. The van der Waals surface area contributed by atoms with Gasteiger partial charge in [-0.1, -0.05) is 24.3 Å². The molecule has 0 radical (unpaired) electrons. The molecule has 0 aliphatic rings. The number of hydrogen-bond acceptors (Lipinski definition) is 2. The summed E-state index contributed by atoms with van der Waals surface area (Å²) in [7, 11) is 0. The predicted octanol–water partition coefficient (Wildman–Crippen LogP) is 2.26. The Morgan fingerprint density at radius 2 is 1.93 bits per heavy atom. The van der Waals surface area contributed by atoms with Gasteiger partial charge in [-0.2, -0.15) is 0 Å². The zero-order chi connectivity index (χ0) is 10.6. The maximum absolute atomic E-state index is 11.3. The highest BCUT2D eigenvalue weighted by Crippen LogP contribution is 2.09. The fourth-order valence-electron chi connectivity index (χ4n) is 1.24. The molecule has 3 heteroatoms. The lowest BCUT2D eigenvalue weighted by atomic mass is 10.0. The van der Waals surface area contributed by atoms with Crippen LogP contribution < -0.4 is 0 Å². The van der Waals surface area contributed by atoms with Crippen LogP contribution in [0.3, 0.4) is 0 Å². The molecule has 0 spiro atoms. The minimum atomic E-state index is -0.594. The number of halogens is 1. The molecule has 1 rings (SSSR count). The van der Waals surface area contributed by atoms with Crippen molar-refractivity contribution in [2.45, 2.75) is 19.8 Å². The van der Waals surface area contributed by atoms with Gasteiger partial charge in [0.2, 0.25) is 5.24 Å². The monoisotopic (exact) mass is 210 g/mol. The van der Waals surface area contributed by atoms with E-state index < -0.39 is 5.24 Å². The predicted molar refractivity (Wildman–Crippen MR) is 55.4 cm³/mol. The maximum atomic E-state index is 11.3. The summed E-state index contributed by atoms with van der Waals surface area (Å²) in [6.07, 6.45) is 0.0982. The van der Waals surface area contributed by atoms with E-state index in [2.05, 4.69) is 0 Å². The Morgan fingerprint density at radius 1 is 1.29 bits per heavy atom. The highest BCUT2D eigenvalue weighted by atomic mass is 35.5. The summed E-state index contributed by atoms with van der Waals surface area (Å²) in [5, 5.41) is -0.594. The zero-order valence-corrected chi connectivity index (χ0v) is 8.67. The molecule has 0 saturated carbocycles. The van der Waals surface area contributed by atoms with Gasteiger partial charge in [0.15, 0.2) is 0 Å². The van der Waals surface area contributed by atoms with Crippen molar-refractivity contribution >= 4 is 22.6 Å². The second kappa shape index (κ2) is 4.91. The first-order valence-corrected chi connectivity index (χ1v) is 4.72. The largest absolute Gasteiger partial charge is 0.299 e. The van der Waals surface area contributed by atoms with Crippen molar-refractivity contribution in [2.24, 2.45) is 0 Å². The van der Waals surface area contributed by atoms with Crippen LogP contribution in [0.2, 0.25) is 0 Å². The second-order valence-corrected chi connectivity index (χ2v) is 3.60. The minimum absolute atomic E-state index is 0.140. The van der Waals surface area contributed by atoms with Gasteiger partial charge in [0, 0.05) is 6.42 Å². The molecule has 0 heterocycles. The molecular weight excluding hydrogens is 200 g/mol. The Balaban J connectivity index is 2.65. The third-order valence-electron chi connectivity index (χ3n) is 1.99. The van der Waals surface area contributed by atoms with Crippen molar-refractivity contribution in [2.75, 3.05) is 0 Å². The Labute approximate surface area is 87.9 Å². The summed E-state index contributed by atoms with van der Waals surface area (Å²) >= 11 is 5.12.